The zero-order valence-corrected chi connectivity index (χ0v) is 11.4. The molecule has 0 saturated carbocycles. The Hall–Kier alpha value is -1.08. The van der Waals surface area contributed by atoms with E-state index in [2.05, 4.69) is 15.2 Å². The first kappa shape index (κ1) is 13.9. The number of hydrazine groups is 1. The van der Waals surface area contributed by atoms with Gasteiger partial charge in [0.05, 0.1) is 0 Å². The number of halogens is 2. The van der Waals surface area contributed by atoms with Crippen LogP contribution in [-0.4, -0.2) is 54.6 Å². The van der Waals surface area contributed by atoms with Gasteiger partial charge in [0, 0.05) is 50.4 Å². The van der Waals surface area contributed by atoms with E-state index in [1.807, 2.05) is 0 Å². The third-order valence-electron chi connectivity index (χ3n) is 4.49. The largest absolute Gasteiger partial charge is 0.299 e. The number of nitrogens with one attached hydrogen (secondary N) is 1. The minimum Gasteiger partial charge on any atom is -0.299 e. The van der Waals surface area contributed by atoms with Crippen LogP contribution in [0.5, 0.6) is 0 Å². The first-order valence-electron chi connectivity index (χ1n) is 7.04. The molecule has 0 amide bonds. The van der Waals surface area contributed by atoms with Gasteiger partial charge < -0.3 is 0 Å². The van der Waals surface area contributed by atoms with Crippen LogP contribution in [0.1, 0.15) is 5.56 Å². The summed E-state index contributed by atoms with van der Waals surface area (Å²) in [5, 5.41) is 0. The molecule has 1 aromatic rings. The quantitative estimate of drug-likeness (QED) is 0.617. The Morgan fingerprint density at radius 3 is 2.35 bits per heavy atom. The molecule has 3 N–H and O–H groups in total. The highest BCUT2D eigenvalue weighted by Gasteiger charge is 2.36. The molecule has 4 rings (SSSR count). The molecular weight excluding hydrogens is 262 g/mol. The average Bonchev–Trinajstić information content (AvgIpc) is 2.48. The van der Waals surface area contributed by atoms with Crippen LogP contribution < -0.4 is 11.3 Å². The van der Waals surface area contributed by atoms with E-state index in [9.17, 15) is 8.78 Å². The molecule has 3 saturated heterocycles. The van der Waals surface area contributed by atoms with E-state index in [-0.39, 0.29) is 24.1 Å². The van der Waals surface area contributed by atoms with Crippen LogP contribution in [0, 0.1) is 11.6 Å². The number of piperazine rings is 3. The lowest BCUT2D eigenvalue weighted by atomic mass is 9.94. The van der Waals surface area contributed by atoms with Crippen molar-refractivity contribution in [1.29, 1.82) is 0 Å². The molecule has 2 unspecified atom stereocenters. The van der Waals surface area contributed by atoms with Crippen LogP contribution in [0.2, 0.25) is 0 Å². The first-order chi connectivity index (χ1) is 9.69. The highest BCUT2D eigenvalue weighted by molar-refractivity contribution is 5.21. The summed E-state index contributed by atoms with van der Waals surface area (Å²) in [5.74, 6) is 4.65. The fourth-order valence-corrected chi connectivity index (χ4v) is 3.29. The van der Waals surface area contributed by atoms with Crippen LogP contribution in [0.25, 0.3) is 0 Å². The number of nitrogens with zero attached hydrogens (tertiary/aromatic N) is 2. The number of fused-ring (bicyclic) bond motifs is 3. The van der Waals surface area contributed by atoms with Gasteiger partial charge in [0.1, 0.15) is 11.6 Å². The van der Waals surface area contributed by atoms with Crippen LogP contribution >= 0.6 is 0 Å². The van der Waals surface area contributed by atoms with Crippen molar-refractivity contribution >= 4 is 0 Å². The van der Waals surface area contributed by atoms with Crippen molar-refractivity contribution < 1.29 is 8.78 Å². The molecule has 4 nitrogen and oxygen atoms in total. The summed E-state index contributed by atoms with van der Waals surface area (Å²) in [6.07, 6.45) is 0.268. The summed E-state index contributed by atoms with van der Waals surface area (Å²) in [6.45, 7) is 5.06. The average molecular weight is 282 g/mol. The molecule has 0 aromatic heterocycles. The van der Waals surface area contributed by atoms with Crippen molar-refractivity contribution in [2.75, 3.05) is 32.7 Å². The smallest absolute Gasteiger partial charge is 0.129 e. The van der Waals surface area contributed by atoms with Crippen molar-refractivity contribution in [1.82, 2.24) is 15.2 Å². The first-order valence-corrected chi connectivity index (χ1v) is 7.04. The van der Waals surface area contributed by atoms with E-state index in [4.69, 9.17) is 5.84 Å². The van der Waals surface area contributed by atoms with Crippen LogP contribution in [0.3, 0.4) is 0 Å². The van der Waals surface area contributed by atoms with E-state index in [1.165, 1.54) is 18.2 Å². The highest BCUT2D eigenvalue weighted by Crippen LogP contribution is 2.22. The molecule has 3 aliphatic rings. The summed E-state index contributed by atoms with van der Waals surface area (Å²) in [6, 6.07) is 4.04. The summed E-state index contributed by atoms with van der Waals surface area (Å²) < 4.78 is 27.5. The molecule has 3 aliphatic heterocycles. The van der Waals surface area contributed by atoms with E-state index in [1.54, 1.807) is 0 Å². The summed E-state index contributed by atoms with van der Waals surface area (Å²) >= 11 is 0. The van der Waals surface area contributed by atoms with Crippen molar-refractivity contribution in [3.8, 4) is 0 Å². The maximum atomic E-state index is 13.8. The van der Waals surface area contributed by atoms with Crippen molar-refractivity contribution in [3.05, 3.63) is 35.4 Å². The number of nitrogens with two attached hydrogens (primary N) is 1. The lowest BCUT2D eigenvalue weighted by Crippen LogP contribution is -2.67. The van der Waals surface area contributed by atoms with Gasteiger partial charge in [0.15, 0.2) is 0 Å². The van der Waals surface area contributed by atoms with Crippen LogP contribution in [0.15, 0.2) is 18.2 Å². The Bertz CT molecular complexity index is 454. The second-order valence-electron chi connectivity index (χ2n) is 5.58. The molecule has 0 aliphatic carbocycles. The second kappa shape index (κ2) is 5.73. The Labute approximate surface area is 117 Å². The van der Waals surface area contributed by atoms with Gasteiger partial charge in [0.25, 0.3) is 0 Å². The molecule has 1 aromatic carbocycles. The summed E-state index contributed by atoms with van der Waals surface area (Å²) in [5.41, 5.74) is 2.88. The third kappa shape index (κ3) is 2.56. The second-order valence-corrected chi connectivity index (χ2v) is 5.58. The van der Waals surface area contributed by atoms with Gasteiger partial charge in [-0.3, -0.25) is 21.1 Å². The zero-order valence-electron chi connectivity index (χ0n) is 11.4. The SMILES string of the molecule is NNC(Cc1c(F)cccc1F)C1CN2CCN1CC2. The normalized spacial score (nSPS) is 30.4. The third-order valence-corrected chi connectivity index (χ3v) is 4.49. The molecule has 2 bridgehead atoms. The van der Waals surface area contributed by atoms with E-state index in [0.29, 0.717) is 0 Å². The maximum Gasteiger partial charge on any atom is 0.129 e. The Morgan fingerprint density at radius 1 is 1.20 bits per heavy atom. The standard InChI is InChI=1S/C14H20F2N4/c15-11-2-1-3-12(16)10(11)8-13(18-17)14-9-19-4-6-20(14)7-5-19/h1-3,13-14,18H,4-9,17H2. The molecule has 6 heteroatoms. The summed E-state index contributed by atoms with van der Waals surface area (Å²) in [7, 11) is 0. The zero-order chi connectivity index (χ0) is 14.1. The van der Waals surface area contributed by atoms with Gasteiger partial charge in [-0.05, 0) is 18.6 Å². The predicted molar refractivity (Wildman–Crippen MR) is 73.0 cm³/mol. The fraction of sp³-hybridized carbons (Fsp3) is 0.571. The number of benzene rings is 1. The Kier molecular flexibility index (Phi) is 3.98. The molecular formula is C14H20F2N4. The lowest BCUT2D eigenvalue weighted by molar-refractivity contribution is -0.00336. The topological polar surface area (TPSA) is 44.5 Å². The van der Waals surface area contributed by atoms with Gasteiger partial charge in [-0.2, -0.15) is 0 Å². The number of hydrogen-bond acceptors (Lipinski definition) is 4. The minimum atomic E-state index is -0.499. The molecule has 0 spiro atoms. The Balaban J connectivity index is 1.77. The fourth-order valence-electron chi connectivity index (χ4n) is 3.29. The van der Waals surface area contributed by atoms with Gasteiger partial charge in [0.2, 0.25) is 0 Å². The molecule has 2 atom stereocenters. The molecule has 110 valence electrons. The van der Waals surface area contributed by atoms with Crippen LogP contribution in [0.4, 0.5) is 8.78 Å². The lowest BCUT2D eigenvalue weighted by Gasteiger charge is -2.50. The predicted octanol–water partition coefficient (Wildman–Crippen LogP) is 0.339. The minimum absolute atomic E-state index is 0.119. The van der Waals surface area contributed by atoms with Gasteiger partial charge >= 0.3 is 0 Å². The molecule has 3 fully saturated rings. The van der Waals surface area contributed by atoms with Crippen molar-refractivity contribution in [2.24, 2.45) is 5.84 Å². The highest BCUT2D eigenvalue weighted by atomic mass is 19.1. The Morgan fingerprint density at radius 2 is 1.85 bits per heavy atom. The van der Waals surface area contributed by atoms with Crippen LogP contribution in [-0.2, 0) is 6.42 Å². The number of rotatable bonds is 4. The van der Waals surface area contributed by atoms with E-state index < -0.39 is 11.6 Å². The molecule has 3 heterocycles. The van der Waals surface area contributed by atoms with Crippen molar-refractivity contribution in [3.63, 3.8) is 0 Å². The molecule has 20 heavy (non-hydrogen) atoms. The molecule has 0 radical (unpaired) electrons. The van der Waals surface area contributed by atoms with Gasteiger partial charge in [-0.15, -0.1) is 0 Å². The monoisotopic (exact) mass is 282 g/mol. The summed E-state index contributed by atoms with van der Waals surface area (Å²) in [4.78, 5) is 4.75. The van der Waals surface area contributed by atoms with E-state index >= 15 is 0 Å². The van der Waals surface area contributed by atoms with Gasteiger partial charge in [-0.25, -0.2) is 8.78 Å². The van der Waals surface area contributed by atoms with E-state index in [0.717, 1.165) is 32.7 Å². The van der Waals surface area contributed by atoms with Crippen molar-refractivity contribution in [2.45, 2.75) is 18.5 Å². The van der Waals surface area contributed by atoms with Gasteiger partial charge in [-0.1, -0.05) is 6.07 Å². The number of hydrogen-bond donors (Lipinski definition) is 2. The maximum absolute atomic E-state index is 13.8.